The smallest absolute Gasteiger partial charge is 0.102 e. The summed E-state index contributed by atoms with van der Waals surface area (Å²) in [6.07, 6.45) is 7.99. The molecular weight excluding hydrogens is 522 g/mol. The Morgan fingerprint density at radius 1 is 0.514 bits per heavy atom. The Bertz CT molecular complexity index is 857. The summed E-state index contributed by atoms with van der Waals surface area (Å²) in [5.74, 6) is 0. The molecule has 0 atom stereocenters. The third-order valence-corrected chi connectivity index (χ3v) is 6.27. The number of quaternary nitrogens is 4. The van der Waals surface area contributed by atoms with E-state index in [-0.39, 0.29) is 49.6 Å². The second kappa shape index (κ2) is 22.4. The van der Waals surface area contributed by atoms with Gasteiger partial charge in [0.05, 0.1) is 39.3 Å². The van der Waals surface area contributed by atoms with Gasteiger partial charge in [0.2, 0.25) is 0 Å². The van der Waals surface area contributed by atoms with Gasteiger partial charge in [0.1, 0.15) is 6.54 Å². The van der Waals surface area contributed by atoms with Crippen molar-refractivity contribution in [2.45, 2.75) is 45.1 Å². The third-order valence-electron chi connectivity index (χ3n) is 6.27. The van der Waals surface area contributed by atoms with Gasteiger partial charge >= 0.3 is 0 Å². The largest absolute Gasteiger partial charge is 1.00 e. The number of benzene rings is 3. The summed E-state index contributed by atoms with van der Waals surface area (Å²) in [5, 5.41) is 13.0. The molecule has 0 aliphatic rings. The summed E-state index contributed by atoms with van der Waals surface area (Å²) in [5.41, 5.74) is 5.39. The normalized spacial score (nSPS) is 10.2. The van der Waals surface area contributed by atoms with E-state index >= 15 is 0 Å². The van der Waals surface area contributed by atoms with Crippen LogP contribution in [0.4, 0.5) is 0 Å². The Morgan fingerprint density at radius 2 is 0.971 bits per heavy atom. The zero-order valence-corrected chi connectivity index (χ0v) is 23.9. The molecule has 35 heavy (non-hydrogen) atoms. The topological polar surface area (TPSA) is 77.5 Å². The van der Waals surface area contributed by atoms with Crippen molar-refractivity contribution >= 4 is 21.5 Å². The van der Waals surface area contributed by atoms with Gasteiger partial charge < -0.3 is 71.3 Å². The van der Waals surface area contributed by atoms with Crippen LogP contribution in [0.3, 0.4) is 0 Å². The number of nitrogens with two attached hydrogens (primary N) is 3. The van der Waals surface area contributed by atoms with E-state index in [9.17, 15) is 0 Å². The van der Waals surface area contributed by atoms with E-state index in [1.165, 1.54) is 98.4 Å². The standard InChI is InChI=1S/C27H40N4.4ClH/c28-15-6-9-18-29-16-7-1-8-17-30-19-10-20-31-22-27-25-13-4-2-11-23(25)21-24-12-3-5-14-26(24)27;;;;/h2-5,11-14,21,29-31H,1,6-10,15-20,22,28H2;4*1H. The number of unbranched alkanes of at least 4 members (excludes halogenated alkanes) is 3. The molecule has 200 valence electrons. The van der Waals surface area contributed by atoms with E-state index in [0.29, 0.717) is 0 Å². The first-order chi connectivity index (χ1) is 15.4. The summed E-state index contributed by atoms with van der Waals surface area (Å²) in [6, 6.07) is 20.0. The highest BCUT2D eigenvalue weighted by Crippen LogP contribution is 2.27. The van der Waals surface area contributed by atoms with Crippen molar-refractivity contribution in [1.29, 1.82) is 0 Å². The predicted molar refractivity (Wildman–Crippen MR) is 131 cm³/mol. The van der Waals surface area contributed by atoms with E-state index in [2.05, 4.69) is 76.3 Å². The van der Waals surface area contributed by atoms with Crippen LogP contribution in [0.1, 0.15) is 44.1 Å². The molecule has 0 saturated heterocycles. The highest BCUT2D eigenvalue weighted by Gasteiger charge is 2.08. The second-order valence-corrected chi connectivity index (χ2v) is 8.79. The zero-order valence-electron chi connectivity index (χ0n) is 20.8. The molecule has 0 radical (unpaired) electrons. The van der Waals surface area contributed by atoms with Crippen molar-refractivity contribution < 1.29 is 71.3 Å². The molecule has 0 aliphatic carbocycles. The van der Waals surface area contributed by atoms with Gasteiger partial charge in [-0.05, 0) is 46.9 Å². The first-order valence-corrected chi connectivity index (χ1v) is 12.5. The van der Waals surface area contributed by atoms with Crippen LogP contribution >= 0.6 is 0 Å². The number of fused-ring (bicyclic) bond motifs is 2. The first-order valence-electron chi connectivity index (χ1n) is 12.5. The lowest BCUT2D eigenvalue weighted by Crippen LogP contribution is -3.00. The van der Waals surface area contributed by atoms with Gasteiger partial charge in [-0.3, -0.25) is 0 Å². The molecule has 3 aromatic rings. The molecule has 0 aromatic heterocycles. The summed E-state index contributed by atoms with van der Waals surface area (Å²) in [7, 11) is 0. The van der Waals surface area contributed by atoms with E-state index in [1.54, 1.807) is 0 Å². The van der Waals surface area contributed by atoms with Crippen LogP contribution in [0.15, 0.2) is 54.6 Å². The average Bonchev–Trinajstić information content (AvgIpc) is 2.81. The molecule has 0 unspecified atom stereocenters. The Balaban J connectivity index is 0. The molecule has 0 bridgehead atoms. The lowest BCUT2D eigenvalue weighted by Gasteiger charge is -2.11. The fourth-order valence-corrected chi connectivity index (χ4v) is 4.49. The fraction of sp³-hybridized carbons (Fsp3) is 0.481. The molecule has 0 amide bonds. The van der Waals surface area contributed by atoms with Crippen LogP contribution in [0.2, 0.25) is 0 Å². The van der Waals surface area contributed by atoms with Crippen LogP contribution in [-0.4, -0.2) is 39.3 Å². The number of hydrogen-bond acceptors (Lipinski definition) is 0. The molecule has 3 aromatic carbocycles. The quantitative estimate of drug-likeness (QED) is 0.0983. The van der Waals surface area contributed by atoms with Crippen LogP contribution in [0.25, 0.3) is 21.5 Å². The lowest BCUT2D eigenvalue weighted by molar-refractivity contribution is -0.689. The van der Waals surface area contributed by atoms with Gasteiger partial charge in [0.15, 0.2) is 0 Å². The van der Waals surface area contributed by atoms with Crippen LogP contribution in [0, 0.1) is 0 Å². The van der Waals surface area contributed by atoms with E-state index in [4.69, 9.17) is 0 Å². The molecule has 0 fully saturated rings. The number of halogens is 4. The fourth-order valence-electron chi connectivity index (χ4n) is 4.49. The van der Waals surface area contributed by atoms with Gasteiger partial charge in [-0.2, -0.15) is 0 Å². The number of rotatable bonds is 16. The van der Waals surface area contributed by atoms with Crippen molar-refractivity contribution in [3.05, 3.63) is 60.2 Å². The monoisotopic (exact) mass is 564 g/mol. The predicted octanol–water partition coefficient (Wildman–Crippen LogP) is -11.2. The van der Waals surface area contributed by atoms with Crippen molar-refractivity contribution in [2.24, 2.45) is 0 Å². The summed E-state index contributed by atoms with van der Waals surface area (Å²) in [6.45, 7) is 8.48. The minimum Gasteiger partial charge on any atom is -1.00 e. The molecular formula is C27H44Cl4N4. The second-order valence-electron chi connectivity index (χ2n) is 8.79. The highest BCUT2D eigenvalue weighted by molar-refractivity contribution is 6.02. The molecule has 0 aliphatic heterocycles. The van der Waals surface area contributed by atoms with Crippen LogP contribution in [-0.2, 0) is 6.54 Å². The number of hydrogen-bond donors (Lipinski definition) is 4. The SMILES string of the molecule is [Cl-].[Cl-].[Cl-].[Cl-].[NH3+]CCCC[NH2+]CCCCC[NH2+]CCC[NH2+]Cc1c2ccccc2cc2ccccc12. The van der Waals surface area contributed by atoms with Gasteiger partial charge in [0.25, 0.3) is 0 Å². The maximum absolute atomic E-state index is 3.90. The molecule has 0 spiro atoms. The minimum atomic E-state index is 0. The molecule has 0 saturated carbocycles. The highest BCUT2D eigenvalue weighted by atomic mass is 35.5. The van der Waals surface area contributed by atoms with Gasteiger partial charge in [-0.15, -0.1) is 0 Å². The third kappa shape index (κ3) is 12.8. The summed E-state index contributed by atoms with van der Waals surface area (Å²) in [4.78, 5) is 0. The van der Waals surface area contributed by atoms with Gasteiger partial charge in [0, 0.05) is 24.8 Å². The van der Waals surface area contributed by atoms with Crippen LogP contribution in [0.5, 0.6) is 0 Å². The molecule has 0 heterocycles. The minimum absolute atomic E-state index is 0. The Morgan fingerprint density at radius 3 is 1.51 bits per heavy atom. The van der Waals surface area contributed by atoms with Crippen molar-refractivity contribution in [3.8, 4) is 0 Å². The zero-order chi connectivity index (χ0) is 21.6. The molecule has 4 nitrogen and oxygen atoms in total. The maximum atomic E-state index is 3.90. The lowest BCUT2D eigenvalue weighted by atomic mass is 9.97. The van der Waals surface area contributed by atoms with E-state index < -0.39 is 0 Å². The maximum Gasteiger partial charge on any atom is 0.102 e. The van der Waals surface area contributed by atoms with Gasteiger partial charge in [-0.25, -0.2) is 0 Å². The average molecular weight is 566 g/mol. The van der Waals surface area contributed by atoms with Crippen molar-refractivity contribution in [3.63, 3.8) is 0 Å². The Labute approximate surface area is 236 Å². The van der Waals surface area contributed by atoms with Crippen LogP contribution < -0.4 is 71.3 Å². The van der Waals surface area contributed by atoms with Gasteiger partial charge in [-0.1, -0.05) is 48.5 Å². The molecule has 8 heteroatoms. The summed E-state index contributed by atoms with van der Waals surface area (Å²) >= 11 is 0. The Hall–Kier alpha value is -0.820. The first kappa shape index (κ1) is 36.3. The van der Waals surface area contributed by atoms with E-state index in [1.807, 2.05) is 0 Å². The molecule has 3 rings (SSSR count). The van der Waals surface area contributed by atoms with Crippen molar-refractivity contribution in [1.82, 2.24) is 0 Å². The Kier molecular flexibility index (Phi) is 23.2. The van der Waals surface area contributed by atoms with Crippen molar-refractivity contribution in [2.75, 3.05) is 39.3 Å². The summed E-state index contributed by atoms with van der Waals surface area (Å²) < 4.78 is 0. The van der Waals surface area contributed by atoms with E-state index in [0.717, 1.165) is 13.1 Å². The molecule has 9 N–H and O–H groups in total.